The standard InChI is InChI=1S/C24H22N4O2S2/c1-3-12-28-23(30)18-9-5-7-11-20(18)27-24(28)32-15-17-14-31-22(25-17)13-21(29)26-19-10-6-4-8-16(19)2/h3-11,14H,1,12-13,15H2,2H3,(H,26,29). The molecule has 0 spiro atoms. The predicted molar refractivity (Wildman–Crippen MR) is 131 cm³/mol. The molecule has 8 heteroatoms. The Morgan fingerprint density at radius 2 is 1.97 bits per heavy atom. The van der Waals surface area contributed by atoms with E-state index in [1.165, 1.54) is 23.1 Å². The van der Waals surface area contributed by atoms with E-state index in [1.54, 1.807) is 16.7 Å². The first kappa shape index (κ1) is 22.0. The summed E-state index contributed by atoms with van der Waals surface area (Å²) < 4.78 is 1.63. The largest absolute Gasteiger partial charge is 0.325 e. The molecule has 0 fully saturated rings. The van der Waals surface area contributed by atoms with E-state index in [-0.39, 0.29) is 17.9 Å². The van der Waals surface area contributed by atoms with Gasteiger partial charge in [0.15, 0.2) is 5.16 Å². The Bertz CT molecular complexity index is 1340. The van der Waals surface area contributed by atoms with Crippen molar-refractivity contribution in [1.82, 2.24) is 14.5 Å². The summed E-state index contributed by atoms with van der Waals surface area (Å²) in [7, 11) is 0. The van der Waals surface area contributed by atoms with Crippen LogP contribution in [0.3, 0.4) is 0 Å². The van der Waals surface area contributed by atoms with Crippen LogP contribution in [0, 0.1) is 6.92 Å². The molecule has 0 aliphatic heterocycles. The van der Waals surface area contributed by atoms with Gasteiger partial charge >= 0.3 is 0 Å². The summed E-state index contributed by atoms with van der Waals surface area (Å²) in [5, 5.41) is 6.85. The fourth-order valence-electron chi connectivity index (χ4n) is 3.23. The van der Waals surface area contributed by atoms with Crippen molar-refractivity contribution < 1.29 is 4.79 Å². The fraction of sp³-hybridized carbons (Fsp3) is 0.167. The second-order valence-electron chi connectivity index (χ2n) is 7.18. The maximum atomic E-state index is 12.9. The van der Waals surface area contributed by atoms with Crippen molar-refractivity contribution in [2.45, 2.75) is 30.8 Å². The van der Waals surface area contributed by atoms with Crippen LogP contribution in [0.2, 0.25) is 0 Å². The fourth-order valence-corrected chi connectivity index (χ4v) is 5.03. The molecule has 1 amide bonds. The lowest BCUT2D eigenvalue weighted by Gasteiger charge is -2.10. The zero-order chi connectivity index (χ0) is 22.5. The molecule has 32 heavy (non-hydrogen) atoms. The number of fused-ring (bicyclic) bond motifs is 1. The minimum atomic E-state index is -0.0936. The first-order valence-electron chi connectivity index (χ1n) is 10.1. The second-order valence-corrected chi connectivity index (χ2v) is 9.06. The first-order valence-corrected chi connectivity index (χ1v) is 11.9. The Hall–Kier alpha value is -3.23. The molecule has 6 nitrogen and oxygen atoms in total. The van der Waals surface area contributed by atoms with Crippen molar-refractivity contribution in [3.05, 3.63) is 93.2 Å². The van der Waals surface area contributed by atoms with Crippen LogP contribution in [0.15, 0.2) is 76.5 Å². The summed E-state index contributed by atoms with van der Waals surface area (Å²) in [6.07, 6.45) is 1.91. The SMILES string of the molecule is C=CCn1c(SCc2csc(CC(=O)Nc3ccccc3C)n2)nc2ccccc2c1=O. The van der Waals surface area contributed by atoms with E-state index in [9.17, 15) is 9.59 Å². The van der Waals surface area contributed by atoms with Crippen LogP contribution in [0.5, 0.6) is 0 Å². The number of rotatable bonds is 8. The van der Waals surface area contributed by atoms with Crippen molar-refractivity contribution in [3.8, 4) is 0 Å². The smallest absolute Gasteiger partial charge is 0.262 e. The Morgan fingerprint density at radius 3 is 2.78 bits per heavy atom. The Kier molecular flexibility index (Phi) is 6.82. The van der Waals surface area contributed by atoms with E-state index < -0.39 is 0 Å². The summed E-state index contributed by atoms with van der Waals surface area (Å²) in [5.41, 5.74) is 3.28. The van der Waals surface area contributed by atoms with Crippen LogP contribution in [0.4, 0.5) is 5.69 Å². The van der Waals surface area contributed by atoms with E-state index in [2.05, 4.69) is 21.9 Å². The molecule has 0 unspecified atom stereocenters. The number of thiazole rings is 1. The van der Waals surface area contributed by atoms with Gasteiger partial charge in [0.05, 0.1) is 23.0 Å². The summed E-state index contributed by atoms with van der Waals surface area (Å²) in [6.45, 7) is 6.11. The van der Waals surface area contributed by atoms with Gasteiger partial charge in [0.25, 0.3) is 5.56 Å². The maximum Gasteiger partial charge on any atom is 0.262 e. The average molecular weight is 463 g/mol. The van der Waals surface area contributed by atoms with Crippen molar-refractivity contribution in [2.75, 3.05) is 5.32 Å². The highest BCUT2D eigenvalue weighted by atomic mass is 32.2. The number of aromatic nitrogens is 3. The third-order valence-corrected chi connectivity index (χ3v) is 6.73. The highest BCUT2D eigenvalue weighted by Gasteiger charge is 2.13. The maximum absolute atomic E-state index is 12.9. The average Bonchev–Trinajstić information content (AvgIpc) is 3.23. The molecule has 0 aliphatic rings. The van der Waals surface area contributed by atoms with Crippen LogP contribution < -0.4 is 10.9 Å². The van der Waals surface area contributed by atoms with Crippen LogP contribution >= 0.6 is 23.1 Å². The van der Waals surface area contributed by atoms with E-state index in [4.69, 9.17) is 0 Å². The number of carbonyl (C=O) groups excluding carboxylic acids is 1. The molecule has 0 saturated carbocycles. The van der Waals surface area contributed by atoms with Gasteiger partial charge in [-0.2, -0.15) is 0 Å². The molecule has 4 rings (SSSR count). The molecule has 1 N–H and O–H groups in total. The molecular weight excluding hydrogens is 440 g/mol. The number of allylic oxidation sites excluding steroid dienone is 1. The molecule has 162 valence electrons. The molecule has 4 aromatic rings. The number of benzene rings is 2. The Morgan fingerprint density at radius 1 is 1.19 bits per heavy atom. The second kappa shape index (κ2) is 9.93. The van der Waals surface area contributed by atoms with Gasteiger partial charge in [-0.15, -0.1) is 17.9 Å². The Balaban J connectivity index is 1.45. The quantitative estimate of drug-likeness (QED) is 0.231. The molecule has 0 saturated heterocycles. The van der Waals surface area contributed by atoms with Gasteiger partial charge < -0.3 is 5.32 Å². The van der Waals surface area contributed by atoms with Gasteiger partial charge in [-0.3, -0.25) is 14.2 Å². The minimum Gasteiger partial charge on any atom is -0.325 e. The number of nitrogens with one attached hydrogen (secondary N) is 1. The first-order chi connectivity index (χ1) is 15.5. The number of amides is 1. The topological polar surface area (TPSA) is 76.9 Å². The third-order valence-electron chi connectivity index (χ3n) is 4.82. The lowest BCUT2D eigenvalue weighted by atomic mass is 10.2. The Labute approximate surface area is 194 Å². The van der Waals surface area contributed by atoms with Crippen molar-refractivity contribution in [1.29, 1.82) is 0 Å². The summed E-state index contributed by atoms with van der Waals surface area (Å²) in [6, 6.07) is 15.0. The zero-order valence-electron chi connectivity index (χ0n) is 17.6. The van der Waals surface area contributed by atoms with Crippen molar-refractivity contribution in [2.24, 2.45) is 0 Å². The monoisotopic (exact) mass is 462 g/mol. The third kappa shape index (κ3) is 4.98. The molecule has 0 radical (unpaired) electrons. The van der Waals surface area contributed by atoms with E-state index in [0.717, 1.165) is 22.0 Å². The summed E-state index contributed by atoms with van der Waals surface area (Å²) in [4.78, 5) is 34.5. The van der Waals surface area contributed by atoms with E-state index in [0.29, 0.717) is 28.4 Å². The molecule has 0 aliphatic carbocycles. The minimum absolute atomic E-state index is 0.0788. The lowest BCUT2D eigenvalue weighted by Crippen LogP contribution is -2.22. The van der Waals surface area contributed by atoms with Gasteiger partial charge in [0, 0.05) is 23.4 Å². The normalized spacial score (nSPS) is 10.9. The molecule has 0 atom stereocenters. The number of para-hydroxylation sites is 2. The van der Waals surface area contributed by atoms with Gasteiger partial charge in [-0.05, 0) is 30.7 Å². The molecule has 2 heterocycles. The van der Waals surface area contributed by atoms with Gasteiger partial charge in [0.2, 0.25) is 5.91 Å². The van der Waals surface area contributed by atoms with Crippen molar-refractivity contribution in [3.63, 3.8) is 0 Å². The van der Waals surface area contributed by atoms with Crippen LogP contribution in [0.1, 0.15) is 16.3 Å². The van der Waals surface area contributed by atoms with E-state index in [1.807, 2.05) is 54.8 Å². The highest BCUT2D eigenvalue weighted by Crippen LogP contribution is 2.24. The number of hydrogen-bond acceptors (Lipinski definition) is 6. The van der Waals surface area contributed by atoms with Crippen molar-refractivity contribution >= 4 is 45.6 Å². The number of carbonyl (C=O) groups is 1. The van der Waals surface area contributed by atoms with Gasteiger partial charge in [0.1, 0.15) is 5.01 Å². The van der Waals surface area contributed by atoms with Crippen LogP contribution in [0.25, 0.3) is 10.9 Å². The number of aryl methyl sites for hydroxylation is 1. The summed E-state index contributed by atoms with van der Waals surface area (Å²) in [5.74, 6) is 0.460. The van der Waals surface area contributed by atoms with Gasteiger partial charge in [-0.25, -0.2) is 9.97 Å². The molecule has 2 aromatic carbocycles. The van der Waals surface area contributed by atoms with Crippen LogP contribution in [-0.4, -0.2) is 20.4 Å². The molecular formula is C24H22N4O2S2. The number of thioether (sulfide) groups is 1. The number of anilines is 1. The molecule has 2 aromatic heterocycles. The zero-order valence-corrected chi connectivity index (χ0v) is 19.2. The highest BCUT2D eigenvalue weighted by molar-refractivity contribution is 7.98. The van der Waals surface area contributed by atoms with E-state index >= 15 is 0 Å². The lowest BCUT2D eigenvalue weighted by molar-refractivity contribution is -0.115. The van der Waals surface area contributed by atoms with Gasteiger partial charge in [-0.1, -0.05) is 48.2 Å². The number of hydrogen-bond donors (Lipinski definition) is 1. The predicted octanol–water partition coefficient (Wildman–Crippen LogP) is 4.82. The molecule has 0 bridgehead atoms. The van der Waals surface area contributed by atoms with Crippen LogP contribution in [-0.2, 0) is 23.5 Å². The number of nitrogens with zero attached hydrogens (tertiary/aromatic N) is 3. The summed E-state index contributed by atoms with van der Waals surface area (Å²) >= 11 is 2.91.